The second-order valence-electron chi connectivity index (χ2n) is 8.59. The molecule has 0 atom stereocenters. The summed E-state index contributed by atoms with van der Waals surface area (Å²) in [5, 5.41) is 0. The van der Waals surface area contributed by atoms with E-state index in [1.165, 1.54) is 0 Å². The summed E-state index contributed by atoms with van der Waals surface area (Å²) in [6.07, 6.45) is 2.80. The summed E-state index contributed by atoms with van der Waals surface area (Å²) in [5.74, 6) is 3.59. The maximum absolute atomic E-state index is 6.15. The Bertz CT molecular complexity index is 720. The minimum absolute atomic E-state index is 0.424. The van der Waals surface area contributed by atoms with Gasteiger partial charge in [0.05, 0.1) is 33.0 Å². The summed E-state index contributed by atoms with van der Waals surface area (Å²) in [4.78, 5) is 2.30. The van der Waals surface area contributed by atoms with Gasteiger partial charge in [0.15, 0.2) is 23.0 Å². The van der Waals surface area contributed by atoms with Crippen LogP contribution in [0.4, 0.5) is 0 Å². The minimum atomic E-state index is 0.424. The Balaban J connectivity index is 1.52. The molecule has 7 heteroatoms. The van der Waals surface area contributed by atoms with Crippen LogP contribution >= 0.6 is 0 Å². The van der Waals surface area contributed by atoms with Gasteiger partial charge in [-0.15, -0.1) is 0 Å². The van der Waals surface area contributed by atoms with Gasteiger partial charge < -0.3 is 28.4 Å². The smallest absolute Gasteiger partial charge is 0.161 e. The molecule has 186 valence electrons. The monoisotopic (exact) mass is 471 g/mol. The zero-order valence-corrected chi connectivity index (χ0v) is 20.0. The van der Waals surface area contributed by atoms with Gasteiger partial charge in [0.2, 0.25) is 0 Å². The standard InChI is InChI=1S/C27H37NO6/c1-3-7-26-24(5-1)31-16-10-23-9-15-29-21-22-30-18-12-28(13-19-33-26)14-20-34-27-8-4-2-6-25(27)32-17-11-23/h1-8,23H,9-22H2. The van der Waals surface area contributed by atoms with Crippen LogP contribution in [0.15, 0.2) is 48.5 Å². The number of para-hydroxylation sites is 4. The highest BCUT2D eigenvalue weighted by molar-refractivity contribution is 5.40. The van der Waals surface area contributed by atoms with E-state index in [0.29, 0.717) is 58.8 Å². The third-order valence-corrected chi connectivity index (χ3v) is 6.19. The SMILES string of the molecule is c1ccc2c(c1)OCCC1CCOCCOCCN(CCO2)CCOc2ccccc2OCC1. The van der Waals surface area contributed by atoms with Gasteiger partial charge in [-0.25, -0.2) is 0 Å². The van der Waals surface area contributed by atoms with Crippen molar-refractivity contribution in [3.05, 3.63) is 48.5 Å². The number of ether oxygens (including phenoxy) is 6. The number of rotatable bonds is 0. The summed E-state index contributed by atoms with van der Waals surface area (Å²) in [7, 11) is 0. The van der Waals surface area contributed by atoms with Gasteiger partial charge in [-0.1, -0.05) is 24.3 Å². The summed E-state index contributed by atoms with van der Waals surface area (Å²) in [5.41, 5.74) is 0. The normalized spacial score (nSPS) is 23.5. The van der Waals surface area contributed by atoms with E-state index in [1.807, 2.05) is 48.5 Å². The highest BCUT2D eigenvalue weighted by Crippen LogP contribution is 2.29. The Morgan fingerprint density at radius 3 is 1.41 bits per heavy atom. The lowest BCUT2D eigenvalue weighted by atomic mass is 9.99. The molecule has 0 unspecified atom stereocenters. The van der Waals surface area contributed by atoms with E-state index in [0.717, 1.165) is 61.9 Å². The molecule has 0 radical (unpaired) electrons. The third kappa shape index (κ3) is 8.08. The zero-order valence-electron chi connectivity index (χ0n) is 20.0. The average molecular weight is 472 g/mol. The van der Waals surface area contributed by atoms with Gasteiger partial charge in [0.1, 0.15) is 13.2 Å². The van der Waals surface area contributed by atoms with E-state index in [4.69, 9.17) is 28.4 Å². The van der Waals surface area contributed by atoms with Gasteiger partial charge in [-0.3, -0.25) is 4.90 Å². The maximum atomic E-state index is 6.15. The van der Waals surface area contributed by atoms with E-state index in [-0.39, 0.29) is 0 Å². The molecule has 2 aromatic carbocycles. The third-order valence-electron chi connectivity index (χ3n) is 6.19. The van der Waals surface area contributed by atoms with Crippen molar-refractivity contribution in [1.82, 2.24) is 4.90 Å². The molecule has 2 bridgehead atoms. The quantitative estimate of drug-likeness (QED) is 0.575. The number of benzene rings is 2. The van der Waals surface area contributed by atoms with Crippen LogP contribution in [0.3, 0.4) is 0 Å². The zero-order chi connectivity index (χ0) is 23.3. The molecule has 34 heavy (non-hydrogen) atoms. The van der Waals surface area contributed by atoms with E-state index >= 15 is 0 Å². The fourth-order valence-corrected chi connectivity index (χ4v) is 4.15. The van der Waals surface area contributed by atoms with Crippen LogP contribution in [0.25, 0.3) is 0 Å². The second kappa shape index (κ2) is 14.0. The molecule has 0 aromatic heterocycles. The van der Waals surface area contributed by atoms with Crippen LogP contribution in [-0.2, 0) is 9.47 Å². The largest absolute Gasteiger partial charge is 0.490 e. The highest BCUT2D eigenvalue weighted by Gasteiger charge is 2.14. The van der Waals surface area contributed by atoms with Crippen molar-refractivity contribution >= 4 is 0 Å². The molecule has 0 aliphatic carbocycles. The number of hydrogen-bond acceptors (Lipinski definition) is 7. The van der Waals surface area contributed by atoms with Crippen molar-refractivity contribution < 1.29 is 28.4 Å². The number of fused-ring (bicyclic) bond motifs is 15. The van der Waals surface area contributed by atoms with Crippen molar-refractivity contribution in [1.29, 1.82) is 0 Å². The van der Waals surface area contributed by atoms with Crippen molar-refractivity contribution in [3.8, 4) is 23.0 Å². The fraction of sp³-hybridized carbons (Fsp3) is 0.556. The van der Waals surface area contributed by atoms with Crippen LogP contribution in [-0.4, -0.2) is 77.4 Å². The van der Waals surface area contributed by atoms with Gasteiger partial charge in [0.25, 0.3) is 0 Å². The van der Waals surface area contributed by atoms with Crippen LogP contribution in [0.1, 0.15) is 19.3 Å². The molecule has 2 aromatic rings. The molecule has 0 saturated heterocycles. The molecule has 0 amide bonds. The number of hydrogen-bond donors (Lipinski definition) is 0. The second-order valence-corrected chi connectivity index (χ2v) is 8.59. The van der Waals surface area contributed by atoms with E-state index in [1.54, 1.807) is 0 Å². The van der Waals surface area contributed by atoms with E-state index < -0.39 is 0 Å². The first-order chi connectivity index (χ1) is 16.9. The van der Waals surface area contributed by atoms with E-state index in [9.17, 15) is 0 Å². The highest BCUT2D eigenvalue weighted by atomic mass is 16.5. The molecule has 0 fully saturated rings. The Kier molecular flexibility index (Phi) is 10.2. The molecule has 0 N–H and O–H groups in total. The van der Waals surface area contributed by atoms with Crippen LogP contribution in [0, 0.1) is 5.92 Å². The predicted octanol–water partition coefficient (Wildman–Crippen LogP) is 4.05. The molecule has 3 aliphatic rings. The summed E-state index contributed by atoms with van der Waals surface area (Å²) in [6.45, 7) is 7.27. The first kappa shape index (κ1) is 24.6. The van der Waals surface area contributed by atoms with Gasteiger partial charge in [0, 0.05) is 26.2 Å². The molecule has 5 rings (SSSR count). The molecular weight excluding hydrogens is 434 g/mol. The van der Waals surface area contributed by atoms with Gasteiger partial charge in [-0.2, -0.15) is 0 Å². The topological polar surface area (TPSA) is 58.6 Å². The summed E-state index contributed by atoms with van der Waals surface area (Å²) >= 11 is 0. The minimum Gasteiger partial charge on any atom is -0.490 e. The summed E-state index contributed by atoms with van der Waals surface area (Å²) < 4.78 is 36.2. The van der Waals surface area contributed by atoms with Crippen molar-refractivity contribution in [2.75, 3.05) is 72.5 Å². The lowest BCUT2D eigenvalue weighted by Crippen LogP contribution is -2.35. The Morgan fingerprint density at radius 1 is 0.471 bits per heavy atom. The van der Waals surface area contributed by atoms with Crippen LogP contribution in [0.2, 0.25) is 0 Å². The van der Waals surface area contributed by atoms with Crippen LogP contribution in [0.5, 0.6) is 23.0 Å². The number of nitrogens with zero attached hydrogens (tertiary/aromatic N) is 1. The molecule has 3 heterocycles. The van der Waals surface area contributed by atoms with Gasteiger partial charge >= 0.3 is 0 Å². The maximum Gasteiger partial charge on any atom is 0.161 e. The van der Waals surface area contributed by atoms with Crippen molar-refractivity contribution in [2.24, 2.45) is 5.92 Å². The molecule has 0 spiro atoms. The van der Waals surface area contributed by atoms with Crippen molar-refractivity contribution in [2.45, 2.75) is 19.3 Å². The summed E-state index contributed by atoms with van der Waals surface area (Å²) in [6, 6.07) is 15.8. The van der Waals surface area contributed by atoms with Gasteiger partial charge in [-0.05, 0) is 49.4 Å². The Morgan fingerprint density at radius 2 is 0.882 bits per heavy atom. The Hall–Kier alpha value is -2.48. The van der Waals surface area contributed by atoms with Crippen molar-refractivity contribution in [3.63, 3.8) is 0 Å². The average Bonchev–Trinajstić information content (AvgIpc) is 2.85. The lowest BCUT2D eigenvalue weighted by Gasteiger charge is -2.24. The lowest BCUT2D eigenvalue weighted by molar-refractivity contribution is 0.0296. The predicted molar refractivity (Wildman–Crippen MR) is 130 cm³/mol. The fourth-order valence-electron chi connectivity index (χ4n) is 4.15. The van der Waals surface area contributed by atoms with Crippen LogP contribution < -0.4 is 18.9 Å². The molecule has 7 nitrogen and oxygen atoms in total. The molecular formula is C27H37NO6. The van der Waals surface area contributed by atoms with E-state index in [2.05, 4.69) is 4.90 Å². The Labute approximate surface area is 202 Å². The molecule has 0 saturated carbocycles. The first-order valence-electron chi connectivity index (χ1n) is 12.5. The molecule has 3 aliphatic heterocycles. The first-order valence-corrected chi connectivity index (χ1v) is 12.5.